The summed E-state index contributed by atoms with van der Waals surface area (Å²) < 4.78 is 0. The first-order valence-electron chi connectivity index (χ1n) is 6.87. The van der Waals surface area contributed by atoms with Gasteiger partial charge in [-0.2, -0.15) is 0 Å². The topological polar surface area (TPSA) is 55.1 Å². The molecule has 0 aromatic rings. The molecule has 0 bridgehead atoms. The minimum atomic E-state index is -0.401. The zero-order valence-corrected chi connectivity index (χ0v) is 12.0. The average Bonchev–Trinajstić information content (AvgIpc) is 2.12. The minimum Gasteiger partial charge on any atom is -0.356 e. The number of nitrogens with one attached hydrogen (secondary N) is 1. The molecule has 17 heavy (non-hydrogen) atoms. The third kappa shape index (κ3) is 13.4. The Balaban J connectivity index is 3.31. The van der Waals surface area contributed by atoms with Crippen LogP contribution in [0.15, 0.2) is 0 Å². The summed E-state index contributed by atoms with van der Waals surface area (Å²) >= 11 is 0. The van der Waals surface area contributed by atoms with Crippen LogP contribution in [0.2, 0.25) is 0 Å². The fourth-order valence-electron chi connectivity index (χ4n) is 1.74. The van der Waals surface area contributed by atoms with E-state index in [-0.39, 0.29) is 5.91 Å². The minimum absolute atomic E-state index is 0.0691. The Bertz CT molecular complexity index is 207. The third-order valence-electron chi connectivity index (χ3n) is 2.65. The summed E-state index contributed by atoms with van der Waals surface area (Å²) in [6.07, 6.45) is 6.58. The lowest BCUT2D eigenvalue weighted by Crippen LogP contribution is -2.39. The van der Waals surface area contributed by atoms with Gasteiger partial charge in [-0.05, 0) is 26.2 Å². The average molecular weight is 242 g/mol. The van der Waals surface area contributed by atoms with Gasteiger partial charge in [0.05, 0.1) is 0 Å². The van der Waals surface area contributed by atoms with Gasteiger partial charge < -0.3 is 11.1 Å². The van der Waals surface area contributed by atoms with Gasteiger partial charge >= 0.3 is 0 Å². The predicted molar refractivity (Wildman–Crippen MR) is 73.8 cm³/mol. The number of hydrogen-bond donors (Lipinski definition) is 2. The lowest BCUT2D eigenvalue weighted by molar-refractivity contribution is -0.122. The van der Waals surface area contributed by atoms with Crippen LogP contribution in [-0.4, -0.2) is 18.0 Å². The van der Waals surface area contributed by atoms with Gasteiger partial charge in [0.1, 0.15) is 0 Å². The highest BCUT2D eigenvalue weighted by atomic mass is 16.1. The fourth-order valence-corrected chi connectivity index (χ4v) is 1.74. The second kappa shape index (κ2) is 8.51. The van der Waals surface area contributed by atoms with Crippen LogP contribution in [0.4, 0.5) is 0 Å². The van der Waals surface area contributed by atoms with Gasteiger partial charge in [-0.1, -0.05) is 39.5 Å². The molecule has 0 aromatic carbocycles. The van der Waals surface area contributed by atoms with E-state index in [1.54, 1.807) is 0 Å². The van der Waals surface area contributed by atoms with Crippen LogP contribution in [0.25, 0.3) is 0 Å². The molecule has 0 unspecified atom stereocenters. The molecular formula is C14H30N2O. The molecule has 0 heterocycles. The van der Waals surface area contributed by atoms with Crippen molar-refractivity contribution in [2.24, 2.45) is 11.7 Å². The first-order chi connectivity index (χ1) is 7.81. The number of amides is 1. The van der Waals surface area contributed by atoms with Gasteiger partial charge in [0.15, 0.2) is 0 Å². The van der Waals surface area contributed by atoms with E-state index in [4.69, 9.17) is 5.73 Å². The van der Waals surface area contributed by atoms with Crippen molar-refractivity contribution in [3.8, 4) is 0 Å². The highest BCUT2D eigenvalue weighted by Crippen LogP contribution is 2.09. The summed E-state index contributed by atoms with van der Waals surface area (Å²) in [4.78, 5) is 11.4. The second-order valence-corrected chi connectivity index (χ2v) is 6.11. The Morgan fingerprint density at radius 2 is 1.76 bits per heavy atom. The summed E-state index contributed by atoms with van der Waals surface area (Å²) in [5.41, 5.74) is 5.37. The van der Waals surface area contributed by atoms with E-state index in [0.29, 0.717) is 6.42 Å². The van der Waals surface area contributed by atoms with Gasteiger partial charge in [0.25, 0.3) is 0 Å². The van der Waals surface area contributed by atoms with Crippen molar-refractivity contribution in [1.82, 2.24) is 5.32 Å². The Kier molecular flexibility index (Phi) is 8.23. The van der Waals surface area contributed by atoms with E-state index in [1.807, 2.05) is 13.8 Å². The van der Waals surface area contributed by atoms with Crippen LogP contribution in [0.1, 0.15) is 66.2 Å². The number of nitrogens with two attached hydrogens (primary N) is 1. The standard InChI is InChI=1S/C14H30N2O/c1-12(2)9-7-5-6-8-10-16-13(17)11-14(3,4)15/h12H,5-11,15H2,1-4H3,(H,16,17). The maximum atomic E-state index is 11.4. The predicted octanol–water partition coefficient (Wildman–Crippen LogP) is 2.84. The number of carbonyl (C=O) groups is 1. The van der Waals surface area contributed by atoms with E-state index >= 15 is 0 Å². The van der Waals surface area contributed by atoms with E-state index in [0.717, 1.165) is 18.9 Å². The SMILES string of the molecule is CC(C)CCCCCCNC(=O)CC(C)(C)N. The van der Waals surface area contributed by atoms with E-state index in [2.05, 4.69) is 19.2 Å². The quantitative estimate of drug-likeness (QED) is 0.611. The molecule has 0 saturated heterocycles. The van der Waals surface area contributed by atoms with Crippen LogP contribution >= 0.6 is 0 Å². The van der Waals surface area contributed by atoms with E-state index in [9.17, 15) is 4.79 Å². The molecule has 0 spiro atoms. The molecular weight excluding hydrogens is 212 g/mol. The lowest BCUT2D eigenvalue weighted by atomic mass is 10.0. The molecule has 0 rings (SSSR count). The fraction of sp³-hybridized carbons (Fsp3) is 0.929. The van der Waals surface area contributed by atoms with E-state index in [1.165, 1.54) is 25.7 Å². The maximum absolute atomic E-state index is 11.4. The van der Waals surface area contributed by atoms with Crippen molar-refractivity contribution >= 4 is 5.91 Å². The summed E-state index contributed by atoms with van der Waals surface area (Å²) in [6.45, 7) is 9.05. The van der Waals surface area contributed by atoms with Gasteiger partial charge in [-0.25, -0.2) is 0 Å². The highest BCUT2D eigenvalue weighted by Gasteiger charge is 2.15. The largest absolute Gasteiger partial charge is 0.356 e. The normalized spacial score (nSPS) is 11.9. The molecule has 0 saturated carbocycles. The summed E-state index contributed by atoms with van der Waals surface area (Å²) in [5, 5.41) is 2.92. The molecule has 102 valence electrons. The second-order valence-electron chi connectivity index (χ2n) is 6.11. The molecule has 0 radical (unpaired) electrons. The summed E-state index contributed by atoms with van der Waals surface area (Å²) in [5.74, 6) is 0.876. The van der Waals surface area contributed by atoms with Crippen LogP contribution in [0.5, 0.6) is 0 Å². The van der Waals surface area contributed by atoms with Crippen molar-refractivity contribution < 1.29 is 4.79 Å². The molecule has 3 N–H and O–H groups in total. The molecule has 0 aliphatic heterocycles. The molecule has 0 aliphatic carbocycles. The monoisotopic (exact) mass is 242 g/mol. The van der Waals surface area contributed by atoms with Gasteiger partial charge in [-0.3, -0.25) is 4.79 Å². The maximum Gasteiger partial charge on any atom is 0.221 e. The van der Waals surface area contributed by atoms with Crippen LogP contribution < -0.4 is 11.1 Å². The molecule has 3 nitrogen and oxygen atoms in total. The number of carbonyl (C=O) groups excluding carboxylic acids is 1. The summed E-state index contributed by atoms with van der Waals surface area (Å²) in [7, 11) is 0. The zero-order valence-electron chi connectivity index (χ0n) is 12.0. The highest BCUT2D eigenvalue weighted by molar-refractivity contribution is 5.76. The van der Waals surface area contributed by atoms with Crippen molar-refractivity contribution in [3.05, 3.63) is 0 Å². The molecule has 0 aliphatic rings. The molecule has 0 fully saturated rings. The molecule has 1 amide bonds. The van der Waals surface area contributed by atoms with Crippen LogP contribution in [0, 0.1) is 5.92 Å². The Morgan fingerprint density at radius 3 is 2.29 bits per heavy atom. The number of hydrogen-bond acceptors (Lipinski definition) is 2. The smallest absolute Gasteiger partial charge is 0.221 e. The molecule has 0 atom stereocenters. The summed E-state index contributed by atoms with van der Waals surface area (Å²) in [6, 6.07) is 0. The van der Waals surface area contributed by atoms with Crippen molar-refractivity contribution in [1.29, 1.82) is 0 Å². The van der Waals surface area contributed by atoms with Crippen LogP contribution in [0.3, 0.4) is 0 Å². The third-order valence-corrected chi connectivity index (χ3v) is 2.65. The lowest BCUT2D eigenvalue weighted by Gasteiger charge is -2.17. The Morgan fingerprint density at radius 1 is 1.18 bits per heavy atom. The van der Waals surface area contributed by atoms with E-state index < -0.39 is 5.54 Å². The van der Waals surface area contributed by atoms with Gasteiger partial charge in [0.2, 0.25) is 5.91 Å². The molecule has 3 heteroatoms. The zero-order chi connectivity index (χ0) is 13.3. The first-order valence-corrected chi connectivity index (χ1v) is 6.87. The first kappa shape index (κ1) is 16.4. The number of rotatable bonds is 9. The van der Waals surface area contributed by atoms with Crippen LogP contribution in [-0.2, 0) is 4.79 Å². The molecule has 0 aromatic heterocycles. The Hall–Kier alpha value is -0.570. The Labute approximate surface area is 107 Å². The van der Waals surface area contributed by atoms with Gasteiger partial charge in [-0.15, -0.1) is 0 Å². The number of unbranched alkanes of at least 4 members (excludes halogenated alkanes) is 3. The van der Waals surface area contributed by atoms with Crippen molar-refractivity contribution in [2.45, 2.75) is 71.8 Å². The van der Waals surface area contributed by atoms with Crippen molar-refractivity contribution in [2.75, 3.05) is 6.54 Å². The van der Waals surface area contributed by atoms with Gasteiger partial charge in [0, 0.05) is 18.5 Å². The van der Waals surface area contributed by atoms with Crippen molar-refractivity contribution in [3.63, 3.8) is 0 Å².